The molecule has 3 N–H and O–H groups in total. The molecular weight excluding hydrogens is 513 g/mol. The van der Waals surface area contributed by atoms with E-state index < -0.39 is 44.3 Å². The van der Waals surface area contributed by atoms with E-state index in [1.54, 1.807) is 24.7 Å². The molecule has 14 heteroatoms. The summed E-state index contributed by atoms with van der Waals surface area (Å²) in [6, 6.07) is 9.83. The molecule has 194 valence electrons. The van der Waals surface area contributed by atoms with Gasteiger partial charge in [0.1, 0.15) is 24.7 Å². The summed E-state index contributed by atoms with van der Waals surface area (Å²) in [5.74, 6) is -0.417. The largest absolute Gasteiger partial charge is 0.366 e. The van der Waals surface area contributed by atoms with E-state index in [0.717, 1.165) is 5.56 Å². The van der Waals surface area contributed by atoms with Gasteiger partial charge in [-0.25, -0.2) is 4.98 Å². The van der Waals surface area contributed by atoms with E-state index in [1.807, 2.05) is 37.3 Å². The van der Waals surface area contributed by atoms with Crippen LogP contribution in [0, 0.1) is 0 Å². The third-order valence-electron chi connectivity index (χ3n) is 5.99. The molecule has 2 aliphatic rings. The maximum atomic E-state index is 11.2. The number of aromatic nitrogens is 4. The Morgan fingerprint density at radius 3 is 2.67 bits per heavy atom. The first-order valence-corrected chi connectivity index (χ1v) is 13.5. The van der Waals surface area contributed by atoms with Crippen molar-refractivity contribution < 1.29 is 33.3 Å². The second-order valence-electron chi connectivity index (χ2n) is 9.24. The number of anilines is 1. The molecule has 0 bridgehead atoms. The molecule has 5 atom stereocenters. The van der Waals surface area contributed by atoms with Gasteiger partial charge in [0, 0.05) is 0 Å². The van der Waals surface area contributed by atoms with Gasteiger partial charge in [-0.05, 0) is 37.9 Å². The van der Waals surface area contributed by atoms with Gasteiger partial charge >= 0.3 is 7.60 Å². The minimum absolute atomic E-state index is 0.0343. The molecule has 36 heavy (non-hydrogen) atoms. The number of hydrogen-bond donors (Lipinski definition) is 3. The number of rotatable bonds is 8. The molecule has 2 aliphatic heterocycles. The fourth-order valence-electron chi connectivity index (χ4n) is 4.51. The van der Waals surface area contributed by atoms with Crippen molar-refractivity contribution in [3.05, 3.63) is 47.5 Å². The molecule has 0 saturated carbocycles. The van der Waals surface area contributed by atoms with E-state index in [-0.39, 0.29) is 17.9 Å². The van der Waals surface area contributed by atoms with E-state index in [4.69, 9.17) is 40.3 Å². The smallest absolute Gasteiger partial charge is 0.350 e. The Morgan fingerprint density at radius 2 is 1.94 bits per heavy atom. The van der Waals surface area contributed by atoms with Crippen LogP contribution in [0.25, 0.3) is 11.2 Å². The zero-order valence-electron chi connectivity index (χ0n) is 19.8. The lowest BCUT2D eigenvalue weighted by molar-refractivity contribution is -0.201. The summed E-state index contributed by atoms with van der Waals surface area (Å²) >= 11 is 6.29. The minimum atomic E-state index is -4.32. The van der Waals surface area contributed by atoms with Gasteiger partial charge < -0.3 is 34.1 Å². The van der Waals surface area contributed by atoms with Crippen molar-refractivity contribution in [3.8, 4) is 0 Å². The predicted molar refractivity (Wildman–Crippen MR) is 129 cm³/mol. The third-order valence-corrected chi connectivity index (χ3v) is 6.68. The summed E-state index contributed by atoms with van der Waals surface area (Å²) in [5.41, 5.74) is 2.01. The molecule has 0 amide bonds. The Hall–Kier alpha value is -2.15. The summed E-state index contributed by atoms with van der Waals surface area (Å²) in [6.07, 6.45) is -1.57. The van der Waals surface area contributed by atoms with Crippen LogP contribution in [0.5, 0.6) is 0 Å². The van der Waals surface area contributed by atoms with E-state index in [0.29, 0.717) is 17.0 Å². The molecule has 12 nitrogen and oxygen atoms in total. The van der Waals surface area contributed by atoms with Crippen molar-refractivity contribution in [1.82, 2.24) is 19.5 Å². The number of halogens is 1. The van der Waals surface area contributed by atoms with Crippen LogP contribution in [-0.2, 0) is 23.5 Å². The van der Waals surface area contributed by atoms with Crippen LogP contribution in [0.2, 0.25) is 5.28 Å². The maximum absolute atomic E-state index is 11.2. The summed E-state index contributed by atoms with van der Waals surface area (Å²) in [4.78, 5) is 31.5. The van der Waals surface area contributed by atoms with Gasteiger partial charge in [0.15, 0.2) is 29.0 Å². The number of hydrogen-bond acceptors (Lipinski definition) is 9. The summed E-state index contributed by atoms with van der Waals surface area (Å²) in [6.45, 7) is 5.49. The normalized spacial score (nSPS) is 26.3. The SMILES string of the molecule is CC(Nc1nc(Cl)nc2c1ncn2[C@@H]1O[C@H](COCP(=O)(O)O)[C@H]2OC(C)(C)O[C@H]21)c1ccccc1. The molecule has 1 unspecified atom stereocenters. The number of nitrogens with zero attached hydrogens (tertiary/aromatic N) is 4. The lowest BCUT2D eigenvalue weighted by Crippen LogP contribution is -2.33. The number of fused-ring (bicyclic) bond motifs is 2. The van der Waals surface area contributed by atoms with Crippen molar-refractivity contribution in [3.63, 3.8) is 0 Å². The van der Waals surface area contributed by atoms with Crippen molar-refractivity contribution in [2.75, 3.05) is 18.3 Å². The van der Waals surface area contributed by atoms with Crippen LogP contribution in [0.15, 0.2) is 36.7 Å². The van der Waals surface area contributed by atoms with Gasteiger partial charge in [-0.3, -0.25) is 9.13 Å². The van der Waals surface area contributed by atoms with E-state index in [9.17, 15) is 4.57 Å². The van der Waals surface area contributed by atoms with E-state index in [1.165, 1.54) is 0 Å². The molecule has 0 spiro atoms. The summed E-state index contributed by atoms with van der Waals surface area (Å²) in [7, 11) is -4.32. The first-order valence-electron chi connectivity index (χ1n) is 11.4. The van der Waals surface area contributed by atoms with Crippen LogP contribution >= 0.6 is 19.2 Å². The highest BCUT2D eigenvalue weighted by molar-refractivity contribution is 7.51. The first-order chi connectivity index (χ1) is 17.0. The molecule has 3 aromatic rings. The molecule has 2 aromatic heterocycles. The Labute approximate surface area is 212 Å². The second kappa shape index (κ2) is 9.62. The third kappa shape index (κ3) is 5.27. The standard InChI is InChI=1S/C22H27ClN5O7P/c1-12(13-7-5-4-6-8-13)25-18-15-19(27-21(23)26-18)28(10-24-15)20-17-16(34-22(2,3)35-17)14(33-20)9-32-11-36(29,30)31/h4-8,10,12,14,16-17,20H,9,11H2,1-3H3,(H,25,26,27)(H2,29,30,31)/t12?,14-,16-,17-,20-/m1/s1. The van der Waals surface area contributed by atoms with Gasteiger partial charge in [0.25, 0.3) is 0 Å². The fourth-order valence-corrected chi connectivity index (χ4v) is 5.02. The fraction of sp³-hybridized carbons (Fsp3) is 0.500. The molecule has 0 aliphatic carbocycles. The zero-order valence-corrected chi connectivity index (χ0v) is 21.5. The summed E-state index contributed by atoms with van der Waals surface area (Å²) < 4.78 is 36.5. The van der Waals surface area contributed by atoms with Crippen LogP contribution in [-0.4, -0.2) is 66.4 Å². The van der Waals surface area contributed by atoms with Crippen LogP contribution in [0.3, 0.4) is 0 Å². The number of benzene rings is 1. The number of imidazole rings is 1. The highest BCUT2D eigenvalue weighted by atomic mass is 35.5. The average Bonchev–Trinajstić information content (AvgIpc) is 3.44. The highest BCUT2D eigenvalue weighted by Crippen LogP contribution is 2.44. The van der Waals surface area contributed by atoms with Crippen molar-refractivity contribution >= 4 is 36.2 Å². The molecular formula is C22H27ClN5O7P. The average molecular weight is 540 g/mol. The van der Waals surface area contributed by atoms with E-state index >= 15 is 0 Å². The van der Waals surface area contributed by atoms with Gasteiger partial charge in [-0.2, -0.15) is 9.97 Å². The van der Waals surface area contributed by atoms with Gasteiger partial charge in [0.05, 0.1) is 19.0 Å². The maximum Gasteiger partial charge on any atom is 0.350 e. The van der Waals surface area contributed by atoms with Gasteiger partial charge in [-0.1, -0.05) is 30.3 Å². The zero-order chi connectivity index (χ0) is 25.7. The van der Waals surface area contributed by atoms with Gasteiger partial charge in [0.2, 0.25) is 5.28 Å². The lowest BCUT2D eigenvalue weighted by atomic mass is 10.1. The second-order valence-corrected chi connectivity index (χ2v) is 11.2. The van der Waals surface area contributed by atoms with Crippen LogP contribution in [0.1, 0.15) is 38.6 Å². The Morgan fingerprint density at radius 1 is 1.22 bits per heavy atom. The van der Waals surface area contributed by atoms with Crippen LogP contribution in [0.4, 0.5) is 5.82 Å². The molecule has 2 fully saturated rings. The number of nitrogens with one attached hydrogen (secondary N) is 1. The van der Waals surface area contributed by atoms with Crippen molar-refractivity contribution in [2.45, 2.75) is 57.1 Å². The minimum Gasteiger partial charge on any atom is -0.366 e. The van der Waals surface area contributed by atoms with Crippen molar-refractivity contribution in [2.24, 2.45) is 0 Å². The lowest BCUT2D eigenvalue weighted by Gasteiger charge is -2.24. The molecule has 1 aromatic carbocycles. The monoisotopic (exact) mass is 539 g/mol. The van der Waals surface area contributed by atoms with Gasteiger partial charge in [-0.15, -0.1) is 0 Å². The Bertz CT molecular complexity index is 1290. The molecule has 2 saturated heterocycles. The molecule has 4 heterocycles. The predicted octanol–water partition coefficient (Wildman–Crippen LogP) is 3.22. The van der Waals surface area contributed by atoms with Crippen LogP contribution < -0.4 is 5.32 Å². The number of ether oxygens (including phenoxy) is 4. The quantitative estimate of drug-likeness (QED) is 0.286. The van der Waals surface area contributed by atoms with E-state index in [2.05, 4.69) is 20.3 Å². The van der Waals surface area contributed by atoms with Crippen molar-refractivity contribution in [1.29, 1.82) is 0 Å². The first kappa shape index (κ1) is 25.5. The molecule has 0 radical (unpaired) electrons. The topological polar surface area (TPSA) is 150 Å². The summed E-state index contributed by atoms with van der Waals surface area (Å²) in [5, 5.41) is 3.39. The molecule has 5 rings (SSSR count). The Balaban J connectivity index is 1.43. The Kier molecular flexibility index (Phi) is 6.81. The highest BCUT2D eigenvalue weighted by Gasteiger charge is 2.56.